The summed E-state index contributed by atoms with van der Waals surface area (Å²) in [5.74, 6) is -1.35. The van der Waals surface area contributed by atoms with Crippen molar-refractivity contribution in [2.45, 2.75) is 18.7 Å². The normalized spacial score (nSPS) is 22.0. The van der Waals surface area contributed by atoms with Crippen LogP contribution in [0.25, 0.3) is 0 Å². The van der Waals surface area contributed by atoms with Crippen molar-refractivity contribution in [1.82, 2.24) is 10.9 Å². The van der Waals surface area contributed by atoms with E-state index in [1.165, 1.54) is 7.11 Å². The number of aryl methyl sites for hydroxylation is 1. The van der Waals surface area contributed by atoms with Crippen LogP contribution in [0.3, 0.4) is 0 Å². The Morgan fingerprint density at radius 2 is 2.24 bits per heavy atom. The van der Waals surface area contributed by atoms with Gasteiger partial charge in [-0.25, -0.2) is 13.8 Å². The molecule has 0 spiro atoms. The molecule has 1 aromatic rings. The largest absolute Gasteiger partial charge is 0.469 e. The van der Waals surface area contributed by atoms with Crippen molar-refractivity contribution in [3.05, 3.63) is 29.8 Å². The number of sulfonamides is 1. The van der Waals surface area contributed by atoms with Gasteiger partial charge in [-0.2, -0.15) is 0 Å². The fraction of sp³-hybridized carbons (Fsp3) is 0.462. The first-order valence-corrected chi connectivity index (χ1v) is 8.19. The van der Waals surface area contributed by atoms with Crippen LogP contribution in [-0.4, -0.2) is 33.4 Å². The average Bonchev–Trinajstić information content (AvgIpc) is 2.96. The van der Waals surface area contributed by atoms with Gasteiger partial charge in [0.2, 0.25) is 0 Å². The lowest BCUT2D eigenvalue weighted by atomic mass is 10.1. The van der Waals surface area contributed by atoms with Crippen LogP contribution < -0.4 is 15.6 Å². The first-order valence-electron chi connectivity index (χ1n) is 6.64. The molecular formula is C13H19N3O4S. The third kappa shape index (κ3) is 3.52. The predicted octanol–water partition coefficient (Wildman–Crippen LogP) is 0.214. The summed E-state index contributed by atoms with van der Waals surface area (Å²) in [6.45, 7) is 2.19. The van der Waals surface area contributed by atoms with Gasteiger partial charge in [-0.3, -0.25) is 14.9 Å². The van der Waals surface area contributed by atoms with E-state index in [4.69, 9.17) is 0 Å². The standard InChI is InChI=1S/C13H19N3O4S/c1-3-9-5-4-6-10(7-9)16-21(18,19)12-11(8-14-15-12)13(17)20-2/h4-7,11-12,14-16H,3,8H2,1-2H3. The van der Waals surface area contributed by atoms with E-state index in [2.05, 4.69) is 20.3 Å². The van der Waals surface area contributed by atoms with Gasteiger partial charge >= 0.3 is 5.97 Å². The van der Waals surface area contributed by atoms with Crippen molar-refractivity contribution in [3.63, 3.8) is 0 Å². The van der Waals surface area contributed by atoms with Crippen LogP contribution in [0.2, 0.25) is 0 Å². The molecule has 0 aromatic heterocycles. The lowest BCUT2D eigenvalue weighted by Crippen LogP contribution is -2.44. The molecule has 1 aromatic carbocycles. The Kier molecular flexibility index (Phi) is 4.81. The molecule has 116 valence electrons. The molecule has 1 saturated heterocycles. The van der Waals surface area contributed by atoms with Crippen molar-refractivity contribution in [1.29, 1.82) is 0 Å². The zero-order chi connectivity index (χ0) is 15.5. The van der Waals surface area contributed by atoms with E-state index in [0.717, 1.165) is 12.0 Å². The summed E-state index contributed by atoms with van der Waals surface area (Å²) in [5.41, 5.74) is 6.80. The number of rotatable bonds is 5. The van der Waals surface area contributed by atoms with Crippen molar-refractivity contribution in [3.8, 4) is 0 Å². The van der Waals surface area contributed by atoms with Crippen LogP contribution in [0, 0.1) is 5.92 Å². The van der Waals surface area contributed by atoms with Gasteiger partial charge < -0.3 is 4.74 Å². The summed E-state index contributed by atoms with van der Waals surface area (Å²) >= 11 is 0. The number of hydrazine groups is 1. The van der Waals surface area contributed by atoms with Crippen LogP contribution in [0.5, 0.6) is 0 Å². The summed E-state index contributed by atoms with van der Waals surface area (Å²) in [4.78, 5) is 11.6. The molecule has 0 radical (unpaired) electrons. The molecule has 0 aliphatic carbocycles. The highest BCUT2D eigenvalue weighted by molar-refractivity contribution is 7.93. The minimum absolute atomic E-state index is 0.202. The number of methoxy groups -OCH3 is 1. The first-order chi connectivity index (χ1) is 9.97. The van der Waals surface area contributed by atoms with E-state index in [1.807, 2.05) is 13.0 Å². The van der Waals surface area contributed by atoms with E-state index in [-0.39, 0.29) is 6.54 Å². The summed E-state index contributed by atoms with van der Waals surface area (Å²) in [7, 11) is -2.53. The molecule has 2 atom stereocenters. The summed E-state index contributed by atoms with van der Waals surface area (Å²) in [6.07, 6.45) is 0.809. The Balaban J connectivity index is 2.19. The van der Waals surface area contributed by atoms with E-state index in [1.54, 1.807) is 18.2 Å². The molecule has 2 unspecified atom stereocenters. The van der Waals surface area contributed by atoms with E-state index in [9.17, 15) is 13.2 Å². The molecule has 0 amide bonds. The summed E-state index contributed by atoms with van der Waals surface area (Å²) in [6, 6.07) is 7.15. The molecular weight excluding hydrogens is 294 g/mol. The van der Waals surface area contributed by atoms with Gasteiger partial charge in [0.05, 0.1) is 7.11 Å². The van der Waals surface area contributed by atoms with Gasteiger partial charge in [-0.05, 0) is 24.1 Å². The SMILES string of the molecule is CCc1cccc(NS(=O)(=O)C2NNCC2C(=O)OC)c1. The number of nitrogens with one attached hydrogen (secondary N) is 3. The second kappa shape index (κ2) is 6.42. The zero-order valence-corrected chi connectivity index (χ0v) is 12.7. The number of anilines is 1. The number of ether oxygens (including phenoxy) is 1. The molecule has 8 heteroatoms. The number of esters is 1. The number of carbonyl (C=O) groups is 1. The lowest BCUT2D eigenvalue weighted by Gasteiger charge is -2.18. The quantitative estimate of drug-likeness (QED) is 0.673. The molecule has 21 heavy (non-hydrogen) atoms. The molecule has 3 N–H and O–H groups in total. The number of hydrogen-bond donors (Lipinski definition) is 3. The number of carbonyl (C=O) groups excluding carboxylic acids is 1. The second-order valence-corrected chi connectivity index (χ2v) is 6.58. The van der Waals surface area contributed by atoms with Crippen molar-refractivity contribution in [2.24, 2.45) is 5.92 Å². The van der Waals surface area contributed by atoms with Crippen molar-refractivity contribution < 1.29 is 17.9 Å². The molecule has 2 rings (SSSR count). The Morgan fingerprint density at radius 3 is 2.90 bits per heavy atom. The smallest absolute Gasteiger partial charge is 0.312 e. The lowest BCUT2D eigenvalue weighted by molar-refractivity contribution is -0.144. The fourth-order valence-corrected chi connectivity index (χ4v) is 3.67. The van der Waals surface area contributed by atoms with Crippen LogP contribution in [0.1, 0.15) is 12.5 Å². The Labute approximate surface area is 124 Å². The van der Waals surface area contributed by atoms with Crippen molar-refractivity contribution in [2.75, 3.05) is 18.4 Å². The minimum Gasteiger partial charge on any atom is -0.469 e. The molecule has 1 aliphatic rings. The van der Waals surface area contributed by atoms with Gasteiger partial charge in [-0.15, -0.1) is 0 Å². The van der Waals surface area contributed by atoms with E-state index in [0.29, 0.717) is 5.69 Å². The Morgan fingerprint density at radius 1 is 1.48 bits per heavy atom. The van der Waals surface area contributed by atoms with Crippen LogP contribution >= 0.6 is 0 Å². The minimum atomic E-state index is -3.77. The maximum atomic E-state index is 12.4. The molecule has 1 aliphatic heterocycles. The number of hydrogen-bond acceptors (Lipinski definition) is 6. The summed E-state index contributed by atoms with van der Waals surface area (Å²) < 4.78 is 32.0. The van der Waals surface area contributed by atoms with Gasteiger partial charge in [0, 0.05) is 12.2 Å². The molecule has 1 heterocycles. The Hall–Kier alpha value is -1.64. The highest BCUT2D eigenvalue weighted by Crippen LogP contribution is 2.20. The second-order valence-electron chi connectivity index (χ2n) is 4.78. The van der Waals surface area contributed by atoms with E-state index >= 15 is 0 Å². The van der Waals surface area contributed by atoms with Crippen LogP contribution in [0.15, 0.2) is 24.3 Å². The molecule has 7 nitrogen and oxygen atoms in total. The van der Waals surface area contributed by atoms with Crippen molar-refractivity contribution >= 4 is 21.7 Å². The first kappa shape index (κ1) is 15.7. The third-order valence-corrected chi connectivity index (χ3v) is 5.00. The summed E-state index contributed by atoms with van der Waals surface area (Å²) in [5, 5.41) is -1.07. The zero-order valence-electron chi connectivity index (χ0n) is 11.9. The number of benzene rings is 1. The topological polar surface area (TPSA) is 96.5 Å². The van der Waals surface area contributed by atoms with Gasteiger partial charge in [-0.1, -0.05) is 19.1 Å². The predicted molar refractivity (Wildman–Crippen MR) is 78.8 cm³/mol. The molecule has 1 fully saturated rings. The van der Waals surface area contributed by atoms with Gasteiger partial charge in [0.1, 0.15) is 5.92 Å². The van der Waals surface area contributed by atoms with E-state index < -0.39 is 27.3 Å². The average molecular weight is 313 g/mol. The fourth-order valence-electron chi connectivity index (χ4n) is 2.21. The highest BCUT2D eigenvalue weighted by atomic mass is 32.2. The molecule has 0 bridgehead atoms. The highest BCUT2D eigenvalue weighted by Gasteiger charge is 2.42. The Bertz CT molecular complexity index is 618. The third-order valence-electron chi connectivity index (χ3n) is 3.37. The maximum absolute atomic E-state index is 12.4. The molecule has 0 saturated carbocycles. The van der Waals surface area contributed by atoms with Gasteiger partial charge in [0.25, 0.3) is 10.0 Å². The monoisotopic (exact) mass is 313 g/mol. The van der Waals surface area contributed by atoms with Crippen LogP contribution in [-0.2, 0) is 26.0 Å². The van der Waals surface area contributed by atoms with Crippen LogP contribution in [0.4, 0.5) is 5.69 Å². The van der Waals surface area contributed by atoms with Gasteiger partial charge in [0.15, 0.2) is 5.37 Å². The maximum Gasteiger partial charge on any atom is 0.312 e.